The van der Waals surface area contributed by atoms with Crippen LogP contribution in [-0.2, 0) is 19.0 Å². The van der Waals surface area contributed by atoms with E-state index in [-0.39, 0.29) is 34.1 Å². The van der Waals surface area contributed by atoms with Gasteiger partial charge in [0, 0.05) is 11.3 Å². The first-order chi connectivity index (χ1) is 13.8. The minimum absolute atomic E-state index is 0.104. The van der Waals surface area contributed by atoms with Crippen LogP contribution in [0.3, 0.4) is 0 Å². The molecule has 6 nitrogen and oxygen atoms in total. The molecule has 3 rings (SSSR count). The van der Waals surface area contributed by atoms with E-state index in [1.165, 1.54) is 18.2 Å². The van der Waals surface area contributed by atoms with Crippen LogP contribution in [0.2, 0.25) is 5.02 Å². The molecule has 1 N–H and O–H groups in total. The first kappa shape index (κ1) is 20.3. The third-order valence-corrected chi connectivity index (χ3v) is 4.80. The van der Waals surface area contributed by atoms with Gasteiger partial charge in [0.05, 0.1) is 10.7 Å². The van der Waals surface area contributed by atoms with Crippen molar-refractivity contribution < 1.29 is 13.2 Å². The molecular formula is C19H12ClF3N6. The second kappa shape index (κ2) is 7.87. The van der Waals surface area contributed by atoms with Gasteiger partial charge in [0.2, 0.25) is 0 Å². The second-order valence-electron chi connectivity index (χ2n) is 6.24. The Hall–Kier alpha value is -3.48. The number of nitrogens with one attached hydrogen (secondary N) is 1. The van der Waals surface area contributed by atoms with Gasteiger partial charge in [-0.1, -0.05) is 17.7 Å². The summed E-state index contributed by atoms with van der Waals surface area (Å²) in [6.07, 6.45) is -2.63. The number of nitriles is 3. The van der Waals surface area contributed by atoms with Crippen LogP contribution in [0.25, 0.3) is 5.69 Å². The summed E-state index contributed by atoms with van der Waals surface area (Å²) < 4.78 is 41.7. The van der Waals surface area contributed by atoms with Crippen molar-refractivity contribution in [3.63, 3.8) is 0 Å². The van der Waals surface area contributed by atoms with Crippen LogP contribution in [-0.4, -0.2) is 9.78 Å². The number of allylic oxidation sites excluding steroid dienone is 2. The molecule has 2 aromatic rings. The summed E-state index contributed by atoms with van der Waals surface area (Å²) in [5, 5.41) is 33.8. The number of alkyl halides is 3. The predicted molar refractivity (Wildman–Crippen MR) is 97.7 cm³/mol. The highest BCUT2D eigenvalue weighted by Crippen LogP contribution is 2.39. The minimum Gasteiger partial charge on any atom is -0.343 e. The molecule has 10 heteroatoms. The van der Waals surface area contributed by atoms with Crippen molar-refractivity contribution in [1.82, 2.24) is 9.78 Å². The summed E-state index contributed by atoms with van der Waals surface area (Å²) in [6.45, 7) is 0. The molecule has 0 saturated carbocycles. The lowest BCUT2D eigenvalue weighted by Gasteiger charge is -2.18. The van der Waals surface area contributed by atoms with Crippen molar-refractivity contribution in [2.75, 3.05) is 5.32 Å². The molecule has 0 bridgehead atoms. The Bertz CT molecular complexity index is 1110. The molecule has 0 spiro atoms. The third-order valence-electron chi connectivity index (χ3n) is 4.49. The first-order valence-electron chi connectivity index (χ1n) is 8.50. The number of hydrogen-bond donors (Lipinski definition) is 1. The van der Waals surface area contributed by atoms with E-state index in [0.29, 0.717) is 25.0 Å². The Kier molecular flexibility index (Phi) is 5.50. The maximum atomic E-state index is 13.5. The number of hydrogen-bond acceptors (Lipinski definition) is 5. The first-order valence-corrected chi connectivity index (χ1v) is 8.88. The van der Waals surface area contributed by atoms with Gasteiger partial charge in [0.15, 0.2) is 11.3 Å². The fraction of sp³-hybridized carbons (Fsp3) is 0.263. The molecule has 1 heterocycles. The highest BCUT2D eigenvalue weighted by atomic mass is 35.5. The molecule has 29 heavy (non-hydrogen) atoms. The fourth-order valence-corrected chi connectivity index (χ4v) is 3.52. The van der Waals surface area contributed by atoms with E-state index < -0.39 is 17.4 Å². The summed E-state index contributed by atoms with van der Waals surface area (Å²) in [5.41, 5.74) is -0.938. The number of para-hydroxylation sites is 1. The Morgan fingerprint density at radius 3 is 2.41 bits per heavy atom. The summed E-state index contributed by atoms with van der Waals surface area (Å²) >= 11 is 6.29. The monoisotopic (exact) mass is 416 g/mol. The van der Waals surface area contributed by atoms with Crippen LogP contribution in [0.4, 0.5) is 18.9 Å². The van der Waals surface area contributed by atoms with Gasteiger partial charge in [0.1, 0.15) is 29.6 Å². The normalized spacial score (nSPS) is 12.9. The van der Waals surface area contributed by atoms with Crippen molar-refractivity contribution in [3.8, 4) is 23.9 Å². The molecule has 0 aliphatic heterocycles. The van der Waals surface area contributed by atoms with Crippen LogP contribution in [0.1, 0.15) is 29.8 Å². The van der Waals surface area contributed by atoms with E-state index in [1.54, 1.807) is 18.2 Å². The predicted octanol–water partition coefficient (Wildman–Crippen LogP) is 4.66. The van der Waals surface area contributed by atoms with E-state index >= 15 is 0 Å². The maximum Gasteiger partial charge on any atom is 0.435 e. The largest absolute Gasteiger partial charge is 0.435 e. The van der Waals surface area contributed by atoms with Crippen LogP contribution in [0.5, 0.6) is 0 Å². The van der Waals surface area contributed by atoms with Gasteiger partial charge in [-0.05, 0) is 37.8 Å². The lowest BCUT2D eigenvalue weighted by Crippen LogP contribution is -2.11. The molecule has 0 unspecified atom stereocenters. The molecule has 0 fully saturated rings. The minimum atomic E-state index is -4.62. The van der Waals surface area contributed by atoms with E-state index in [1.807, 2.05) is 0 Å². The molecule has 0 atom stereocenters. The number of benzene rings is 1. The summed E-state index contributed by atoms with van der Waals surface area (Å²) in [5.74, 6) is 0. The van der Waals surface area contributed by atoms with Crippen LogP contribution < -0.4 is 5.32 Å². The fourth-order valence-electron chi connectivity index (χ4n) is 3.26. The highest BCUT2D eigenvalue weighted by molar-refractivity contribution is 6.33. The van der Waals surface area contributed by atoms with Crippen molar-refractivity contribution >= 4 is 17.3 Å². The van der Waals surface area contributed by atoms with Crippen LogP contribution >= 0.6 is 11.6 Å². The molecule has 1 aliphatic carbocycles. The van der Waals surface area contributed by atoms with E-state index in [4.69, 9.17) is 22.1 Å². The number of nitrogens with zero attached hydrogens (tertiary/aromatic N) is 5. The van der Waals surface area contributed by atoms with Crippen molar-refractivity contribution in [2.45, 2.75) is 31.9 Å². The van der Waals surface area contributed by atoms with Gasteiger partial charge in [0.25, 0.3) is 0 Å². The lowest BCUT2D eigenvalue weighted by molar-refractivity contribution is -0.142. The smallest absolute Gasteiger partial charge is 0.343 e. The van der Waals surface area contributed by atoms with Gasteiger partial charge in [-0.15, -0.1) is 0 Å². The Balaban J connectivity index is 2.24. The van der Waals surface area contributed by atoms with Gasteiger partial charge in [-0.2, -0.15) is 34.1 Å². The Morgan fingerprint density at radius 1 is 1.10 bits per heavy atom. The van der Waals surface area contributed by atoms with Gasteiger partial charge in [-0.25, -0.2) is 4.68 Å². The van der Waals surface area contributed by atoms with Crippen LogP contribution in [0, 0.1) is 34.0 Å². The third kappa shape index (κ3) is 3.76. The maximum absolute atomic E-state index is 13.5. The number of rotatable bonds is 3. The topological polar surface area (TPSA) is 101 Å². The molecule has 1 aromatic carbocycles. The molecule has 0 radical (unpaired) electrons. The average molecular weight is 417 g/mol. The highest BCUT2D eigenvalue weighted by Gasteiger charge is 2.40. The zero-order valence-electron chi connectivity index (χ0n) is 14.8. The van der Waals surface area contributed by atoms with Gasteiger partial charge >= 0.3 is 6.18 Å². The van der Waals surface area contributed by atoms with E-state index in [2.05, 4.69) is 10.4 Å². The molecule has 1 aromatic heterocycles. The van der Waals surface area contributed by atoms with Crippen molar-refractivity contribution in [1.29, 1.82) is 15.8 Å². The number of anilines is 1. The quantitative estimate of drug-likeness (QED) is 0.733. The van der Waals surface area contributed by atoms with Crippen molar-refractivity contribution in [3.05, 3.63) is 51.4 Å². The molecular weight excluding hydrogens is 405 g/mol. The van der Waals surface area contributed by atoms with Crippen molar-refractivity contribution in [2.24, 2.45) is 0 Å². The zero-order valence-corrected chi connectivity index (χ0v) is 15.6. The second-order valence-corrected chi connectivity index (χ2v) is 6.64. The molecule has 146 valence electrons. The standard InChI is InChI=1S/C19H12ClF3N6/c20-13-5-3-6-14(27-15(10-26)11(8-24)9-25)17(13)29-16-7-2-1-4-12(16)18(28-29)19(21,22)23/h3,5-6,27H,1-2,4,7H2. The van der Waals surface area contributed by atoms with Gasteiger partial charge in [-0.3, -0.25) is 0 Å². The number of fused-ring (bicyclic) bond motifs is 1. The van der Waals surface area contributed by atoms with Gasteiger partial charge < -0.3 is 5.32 Å². The molecule has 0 saturated heterocycles. The summed E-state index contributed by atoms with van der Waals surface area (Å²) in [4.78, 5) is 0. The molecule has 1 aliphatic rings. The average Bonchev–Trinajstić information content (AvgIpc) is 3.08. The SMILES string of the molecule is N#CC(C#N)=C(C#N)Nc1cccc(Cl)c1-n1nc(C(F)(F)F)c2c1CCCC2. The zero-order chi connectivity index (χ0) is 21.2. The summed E-state index contributed by atoms with van der Waals surface area (Å²) in [7, 11) is 0. The lowest BCUT2D eigenvalue weighted by atomic mass is 9.95. The van der Waals surface area contributed by atoms with E-state index in [9.17, 15) is 18.4 Å². The van der Waals surface area contributed by atoms with Crippen LogP contribution in [0.15, 0.2) is 29.5 Å². The number of aromatic nitrogens is 2. The number of halogens is 4. The summed E-state index contributed by atoms with van der Waals surface area (Å²) in [6, 6.07) is 9.41. The molecule has 0 amide bonds. The Morgan fingerprint density at radius 2 is 1.79 bits per heavy atom. The van der Waals surface area contributed by atoms with E-state index in [0.717, 1.165) is 4.68 Å². The Labute approximate surface area is 169 Å².